The number of benzene rings is 2. The molecule has 1 saturated heterocycles. The van der Waals surface area contributed by atoms with Gasteiger partial charge in [-0.1, -0.05) is 30.3 Å². The molecule has 2 atom stereocenters. The number of ether oxygens (including phenoxy) is 1. The van der Waals surface area contributed by atoms with Gasteiger partial charge in [-0.25, -0.2) is 0 Å². The minimum atomic E-state index is -4.92. The van der Waals surface area contributed by atoms with E-state index >= 15 is 0 Å². The molecular formula is C26H30F6N2O2. The fraction of sp³-hybridized carbons (Fsp3) is 0.500. The zero-order valence-corrected chi connectivity index (χ0v) is 20.4. The van der Waals surface area contributed by atoms with E-state index in [-0.39, 0.29) is 17.7 Å². The largest absolute Gasteiger partial charge is 0.416 e. The Morgan fingerprint density at radius 3 is 2.06 bits per heavy atom. The van der Waals surface area contributed by atoms with Crippen LogP contribution in [0.2, 0.25) is 0 Å². The van der Waals surface area contributed by atoms with Crippen molar-refractivity contribution in [3.05, 3.63) is 70.8 Å². The van der Waals surface area contributed by atoms with Gasteiger partial charge in [0.15, 0.2) is 0 Å². The summed E-state index contributed by atoms with van der Waals surface area (Å²) in [4.78, 5) is 15.5. The predicted octanol–water partition coefficient (Wildman–Crippen LogP) is 6.66. The number of amides is 1. The molecule has 1 aliphatic heterocycles. The Hall–Kier alpha value is -2.59. The molecule has 0 N–H and O–H groups in total. The summed E-state index contributed by atoms with van der Waals surface area (Å²) in [5.41, 5.74) is -2.49. The summed E-state index contributed by atoms with van der Waals surface area (Å²) in [6, 6.07) is 10.5. The number of rotatable bonds is 7. The Balaban J connectivity index is 1.90. The lowest BCUT2D eigenvalue weighted by molar-refractivity contribution is -0.143. The number of halogens is 6. The average molecular weight is 517 g/mol. The highest BCUT2D eigenvalue weighted by Crippen LogP contribution is 2.38. The lowest BCUT2D eigenvalue weighted by atomic mass is 9.92. The van der Waals surface area contributed by atoms with Gasteiger partial charge < -0.3 is 9.64 Å². The minimum absolute atomic E-state index is 0.110. The summed E-state index contributed by atoms with van der Waals surface area (Å²) in [6.07, 6.45) is -8.31. The van der Waals surface area contributed by atoms with Gasteiger partial charge in [-0.05, 0) is 62.9 Å². The molecule has 2 aromatic carbocycles. The quantitative estimate of drug-likeness (QED) is 0.305. The molecule has 1 fully saturated rings. The zero-order chi connectivity index (χ0) is 26.7. The summed E-state index contributed by atoms with van der Waals surface area (Å²) < 4.78 is 85.6. The van der Waals surface area contributed by atoms with Crippen molar-refractivity contribution < 1.29 is 35.9 Å². The van der Waals surface area contributed by atoms with Crippen molar-refractivity contribution >= 4 is 6.41 Å². The van der Waals surface area contributed by atoms with Crippen LogP contribution in [0, 0.1) is 0 Å². The van der Waals surface area contributed by atoms with Crippen molar-refractivity contribution in [1.82, 2.24) is 9.80 Å². The second-order valence-corrected chi connectivity index (χ2v) is 9.96. The van der Waals surface area contributed by atoms with Crippen LogP contribution in [-0.4, -0.2) is 41.1 Å². The topological polar surface area (TPSA) is 32.8 Å². The Bertz CT molecular complexity index is 986. The van der Waals surface area contributed by atoms with E-state index < -0.39 is 41.7 Å². The Morgan fingerprint density at radius 2 is 1.56 bits per heavy atom. The molecule has 4 nitrogen and oxygen atoms in total. The molecule has 0 saturated carbocycles. The lowest BCUT2D eigenvalue weighted by Crippen LogP contribution is -2.52. The molecule has 0 unspecified atom stereocenters. The van der Waals surface area contributed by atoms with Gasteiger partial charge in [0.25, 0.3) is 0 Å². The number of carbonyl (C=O) groups excluding carboxylic acids is 1. The first kappa shape index (κ1) is 28.0. The fourth-order valence-corrected chi connectivity index (χ4v) is 4.34. The minimum Gasteiger partial charge on any atom is -0.372 e. The van der Waals surface area contributed by atoms with Crippen molar-refractivity contribution in [3.63, 3.8) is 0 Å². The molecule has 3 rings (SSSR count). The molecule has 2 aromatic rings. The highest BCUT2D eigenvalue weighted by molar-refractivity contribution is 5.48. The van der Waals surface area contributed by atoms with Gasteiger partial charge in [-0.2, -0.15) is 26.3 Å². The number of hydrogen-bond acceptors (Lipinski definition) is 3. The van der Waals surface area contributed by atoms with Gasteiger partial charge in [0.05, 0.1) is 36.5 Å². The standard InChI is InChI=1S/C26H30F6N2O2/c1-24(2,3)34(17-35)16-33-11-7-10-22(23(33)19-8-5-4-6-9-19)36-15-18-12-20(25(27,28)29)14-21(13-18)26(30,31)32/h4-6,8-9,12-14,17,22-23H,7,10-11,15-16H2,1-3H3/t22-,23-/m0/s1. The molecule has 0 radical (unpaired) electrons. The van der Waals surface area contributed by atoms with Gasteiger partial charge in [0.1, 0.15) is 0 Å². The van der Waals surface area contributed by atoms with Crippen LogP contribution in [0.4, 0.5) is 26.3 Å². The number of likely N-dealkylation sites (tertiary alicyclic amines) is 1. The van der Waals surface area contributed by atoms with Gasteiger partial charge in [-0.3, -0.25) is 9.69 Å². The van der Waals surface area contributed by atoms with Gasteiger partial charge in [-0.15, -0.1) is 0 Å². The van der Waals surface area contributed by atoms with Crippen molar-refractivity contribution in [3.8, 4) is 0 Å². The number of carbonyl (C=O) groups is 1. The van der Waals surface area contributed by atoms with E-state index in [9.17, 15) is 31.1 Å². The van der Waals surface area contributed by atoms with E-state index in [1.807, 2.05) is 51.1 Å². The molecule has 0 aliphatic carbocycles. The van der Waals surface area contributed by atoms with Gasteiger partial charge >= 0.3 is 12.4 Å². The van der Waals surface area contributed by atoms with Crippen molar-refractivity contribution in [2.75, 3.05) is 13.2 Å². The first-order chi connectivity index (χ1) is 16.7. The predicted molar refractivity (Wildman–Crippen MR) is 123 cm³/mol. The molecule has 0 spiro atoms. The molecule has 1 aliphatic rings. The molecule has 1 amide bonds. The monoisotopic (exact) mass is 516 g/mol. The Kier molecular flexibility index (Phi) is 8.40. The molecule has 10 heteroatoms. The third-order valence-electron chi connectivity index (χ3n) is 6.26. The summed E-state index contributed by atoms with van der Waals surface area (Å²) in [5.74, 6) is 0. The van der Waals surface area contributed by atoms with E-state index in [1.54, 1.807) is 4.90 Å². The van der Waals surface area contributed by atoms with E-state index in [2.05, 4.69) is 4.90 Å². The molecule has 0 bridgehead atoms. The molecule has 36 heavy (non-hydrogen) atoms. The van der Waals surface area contributed by atoms with Crippen LogP contribution >= 0.6 is 0 Å². The van der Waals surface area contributed by atoms with Crippen LogP contribution in [0.15, 0.2) is 48.5 Å². The van der Waals surface area contributed by atoms with Gasteiger partial charge in [0.2, 0.25) is 6.41 Å². The van der Waals surface area contributed by atoms with Crippen LogP contribution in [-0.2, 0) is 28.5 Å². The second kappa shape index (κ2) is 10.8. The zero-order valence-electron chi connectivity index (χ0n) is 20.4. The summed E-state index contributed by atoms with van der Waals surface area (Å²) >= 11 is 0. The summed E-state index contributed by atoms with van der Waals surface area (Å²) in [7, 11) is 0. The molecule has 0 aromatic heterocycles. The smallest absolute Gasteiger partial charge is 0.372 e. The number of hydrogen-bond donors (Lipinski definition) is 0. The van der Waals surface area contributed by atoms with Crippen LogP contribution < -0.4 is 0 Å². The number of alkyl halides is 6. The normalized spacial score (nSPS) is 19.8. The van der Waals surface area contributed by atoms with E-state index in [0.717, 1.165) is 12.0 Å². The van der Waals surface area contributed by atoms with Crippen LogP contribution in [0.5, 0.6) is 0 Å². The van der Waals surface area contributed by atoms with E-state index in [4.69, 9.17) is 4.74 Å². The molecule has 198 valence electrons. The van der Waals surface area contributed by atoms with Crippen LogP contribution in [0.25, 0.3) is 0 Å². The average Bonchev–Trinajstić information content (AvgIpc) is 2.79. The fourth-order valence-electron chi connectivity index (χ4n) is 4.34. The lowest BCUT2D eigenvalue weighted by Gasteiger charge is -2.45. The molecular weight excluding hydrogens is 486 g/mol. The highest BCUT2D eigenvalue weighted by Gasteiger charge is 2.38. The number of nitrogens with zero attached hydrogens (tertiary/aromatic N) is 2. The SMILES string of the molecule is CC(C)(C)N(C=O)CN1CCC[C@H](OCc2cc(C(F)(F)F)cc(C(F)(F)F)c2)[C@@H]1c1ccccc1. The van der Waals surface area contributed by atoms with Crippen molar-refractivity contribution in [2.24, 2.45) is 0 Å². The Morgan fingerprint density at radius 1 is 0.972 bits per heavy atom. The van der Waals surface area contributed by atoms with E-state index in [0.29, 0.717) is 38.2 Å². The Labute approximate surface area is 206 Å². The summed E-state index contributed by atoms with van der Waals surface area (Å²) in [6.45, 7) is 6.26. The maximum Gasteiger partial charge on any atom is 0.416 e. The summed E-state index contributed by atoms with van der Waals surface area (Å²) in [5, 5.41) is 0. The third kappa shape index (κ3) is 7.00. The van der Waals surface area contributed by atoms with Crippen LogP contribution in [0.3, 0.4) is 0 Å². The first-order valence-electron chi connectivity index (χ1n) is 11.6. The molecule has 1 heterocycles. The van der Waals surface area contributed by atoms with Gasteiger partial charge in [0, 0.05) is 12.1 Å². The third-order valence-corrected chi connectivity index (χ3v) is 6.26. The number of piperidine rings is 1. The van der Waals surface area contributed by atoms with Crippen LogP contribution in [0.1, 0.15) is 61.9 Å². The van der Waals surface area contributed by atoms with Crippen molar-refractivity contribution in [2.45, 2.75) is 70.3 Å². The maximum atomic E-state index is 13.3. The van der Waals surface area contributed by atoms with E-state index in [1.165, 1.54) is 0 Å². The van der Waals surface area contributed by atoms with Crippen molar-refractivity contribution in [1.29, 1.82) is 0 Å². The highest BCUT2D eigenvalue weighted by atomic mass is 19.4. The first-order valence-corrected chi connectivity index (χ1v) is 11.6. The maximum absolute atomic E-state index is 13.3. The second-order valence-electron chi connectivity index (χ2n) is 9.96.